The Morgan fingerprint density at radius 1 is 1.07 bits per heavy atom. The van der Waals surface area contributed by atoms with E-state index in [1.54, 1.807) is 31.2 Å². The van der Waals surface area contributed by atoms with Gasteiger partial charge in [-0.3, -0.25) is 19.2 Å². The highest BCUT2D eigenvalue weighted by Gasteiger charge is 2.40. The third-order valence-electron chi connectivity index (χ3n) is 7.70. The molecule has 3 atom stereocenters. The van der Waals surface area contributed by atoms with Crippen LogP contribution in [0.3, 0.4) is 0 Å². The van der Waals surface area contributed by atoms with Gasteiger partial charge in [0, 0.05) is 57.0 Å². The highest BCUT2D eigenvalue weighted by molar-refractivity contribution is 5.99. The van der Waals surface area contributed by atoms with Crippen LogP contribution in [-0.2, 0) is 28.7 Å². The molecular formula is C30H37N5O11. The van der Waals surface area contributed by atoms with E-state index in [1.165, 1.54) is 27.9 Å². The standard InChI is InChI=1S/C30H37N5O11/c1-3-45-30(43)34-12-10-33(11-13-34)28(41)21(8-9-26(38)39)32-27(40)22-15-24(19-6-4-5-7-20(19)31-22)46-17-25(37)35-16-18(36)14-23(35)29(42)44-2/h4-7,15,18,21,23,36H,3,8-14,16-17H2,1-2H3,(H,32,40)(H,38,39)/t18-,21?,23-/m0/s1. The molecule has 1 aromatic heterocycles. The summed E-state index contributed by atoms with van der Waals surface area (Å²) in [5.41, 5.74) is 0.204. The van der Waals surface area contributed by atoms with Gasteiger partial charge in [0.05, 0.1) is 25.3 Å². The number of hydrogen-bond acceptors (Lipinski definition) is 11. The number of ether oxygens (including phenoxy) is 3. The summed E-state index contributed by atoms with van der Waals surface area (Å²) in [6.45, 7) is 2.08. The van der Waals surface area contributed by atoms with Crippen LogP contribution in [0.2, 0.25) is 0 Å². The maximum absolute atomic E-state index is 13.5. The number of aliphatic hydroxyl groups is 1. The zero-order valence-electron chi connectivity index (χ0n) is 25.5. The van der Waals surface area contributed by atoms with Crippen molar-refractivity contribution in [1.29, 1.82) is 0 Å². The average molecular weight is 644 g/mol. The summed E-state index contributed by atoms with van der Waals surface area (Å²) in [4.78, 5) is 83.9. The summed E-state index contributed by atoms with van der Waals surface area (Å²) >= 11 is 0. The molecule has 0 radical (unpaired) electrons. The number of carbonyl (C=O) groups is 6. The van der Waals surface area contributed by atoms with E-state index in [2.05, 4.69) is 10.3 Å². The number of methoxy groups -OCH3 is 1. The summed E-state index contributed by atoms with van der Waals surface area (Å²) in [6.07, 6.45) is -1.94. The van der Waals surface area contributed by atoms with Crippen molar-refractivity contribution in [3.63, 3.8) is 0 Å². The number of rotatable bonds is 11. The zero-order chi connectivity index (χ0) is 33.4. The number of pyridine rings is 1. The molecule has 46 heavy (non-hydrogen) atoms. The monoisotopic (exact) mass is 643 g/mol. The van der Waals surface area contributed by atoms with E-state index in [0.29, 0.717) is 10.9 Å². The zero-order valence-corrected chi connectivity index (χ0v) is 25.5. The number of amides is 4. The van der Waals surface area contributed by atoms with E-state index in [9.17, 15) is 39.0 Å². The quantitative estimate of drug-likeness (QED) is 0.277. The van der Waals surface area contributed by atoms with Gasteiger partial charge in [-0.15, -0.1) is 0 Å². The molecule has 2 saturated heterocycles. The highest BCUT2D eigenvalue weighted by Crippen LogP contribution is 2.27. The number of carbonyl (C=O) groups excluding carboxylic acids is 5. The molecule has 0 spiro atoms. The Balaban J connectivity index is 1.50. The van der Waals surface area contributed by atoms with E-state index < -0.39 is 67.0 Å². The van der Waals surface area contributed by atoms with Gasteiger partial charge in [-0.2, -0.15) is 0 Å². The molecule has 1 unspecified atom stereocenters. The lowest BCUT2D eigenvalue weighted by molar-refractivity contribution is -0.151. The van der Waals surface area contributed by atoms with Gasteiger partial charge in [0.15, 0.2) is 6.61 Å². The van der Waals surface area contributed by atoms with Crippen LogP contribution in [0.5, 0.6) is 5.75 Å². The highest BCUT2D eigenvalue weighted by atomic mass is 16.6. The van der Waals surface area contributed by atoms with Crippen molar-refractivity contribution in [3.05, 3.63) is 36.0 Å². The summed E-state index contributed by atoms with van der Waals surface area (Å²) in [7, 11) is 1.19. The summed E-state index contributed by atoms with van der Waals surface area (Å²) < 4.78 is 15.6. The second kappa shape index (κ2) is 15.3. The number of piperazine rings is 1. The molecule has 16 heteroatoms. The van der Waals surface area contributed by atoms with Crippen molar-refractivity contribution >= 4 is 46.7 Å². The lowest BCUT2D eigenvalue weighted by Gasteiger charge is -2.35. The van der Waals surface area contributed by atoms with Crippen LogP contribution >= 0.6 is 0 Å². The van der Waals surface area contributed by atoms with Gasteiger partial charge in [-0.1, -0.05) is 12.1 Å². The Kier molecular flexibility index (Phi) is 11.3. The van der Waals surface area contributed by atoms with Gasteiger partial charge >= 0.3 is 18.0 Å². The second-order valence-corrected chi connectivity index (χ2v) is 10.8. The predicted molar refractivity (Wildman–Crippen MR) is 159 cm³/mol. The number of fused-ring (bicyclic) bond motifs is 1. The average Bonchev–Trinajstić information content (AvgIpc) is 3.46. The number of para-hydroxylation sites is 1. The fraction of sp³-hybridized carbons (Fsp3) is 0.500. The molecule has 0 bridgehead atoms. The Hall–Kier alpha value is -4.99. The number of benzene rings is 1. The minimum Gasteiger partial charge on any atom is -0.483 e. The normalized spacial score (nSPS) is 18.5. The molecule has 4 rings (SSSR count). The minimum absolute atomic E-state index is 0.0315. The summed E-state index contributed by atoms with van der Waals surface area (Å²) in [5, 5.41) is 22.4. The number of nitrogens with zero attached hydrogens (tertiary/aromatic N) is 4. The van der Waals surface area contributed by atoms with Crippen molar-refractivity contribution in [2.45, 2.75) is 44.4 Å². The Morgan fingerprint density at radius 2 is 1.76 bits per heavy atom. The molecule has 4 amide bonds. The number of hydrogen-bond donors (Lipinski definition) is 3. The van der Waals surface area contributed by atoms with Gasteiger partial charge in [-0.25, -0.2) is 14.6 Å². The molecule has 2 aliphatic heterocycles. The van der Waals surface area contributed by atoms with Gasteiger partial charge in [0.1, 0.15) is 23.5 Å². The SMILES string of the molecule is CCOC(=O)N1CCN(C(=O)C(CCC(=O)O)NC(=O)c2cc(OCC(=O)N3C[C@@H](O)C[C@H]3C(=O)OC)c3ccccc3n2)CC1. The number of esters is 1. The summed E-state index contributed by atoms with van der Waals surface area (Å²) in [6, 6.07) is 5.85. The first-order valence-electron chi connectivity index (χ1n) is 14.8. The van der Waals surface area contributed by atoms with Crippen molar-refractivity contribution in [3.8, 4) is 5.75 Å². The van der Waals surface area contributed by atoms with E-state index >= 15 is 0 Å². The topological polar surface area (TPSA) is 205 Å². The van der Waals surface area contributed by atoms with Crippen LogP contribution in [0.1, 0.15) is 36.7 Å². The molecule has 248 valence electrons. The first-order valence-corrected chi connectivity index (χ1v) is 14.8. The first kappa shape index (κ1) is 33.9. The Bertz CT molecular complexity index is 1480. The molecule has 2 aromatic rings. The lowest BCUT2D eigenvalue weighted by Crippen LogP contribution is -2.56. The van der Waals surface area contributed by atoms with Crippen molar-refractivity contribution < 1.29 is 53.2 Å². The number of β-amino-alcohol motifs (C(OH)–C–C–N with tert-alkyl or cyclic N) is 1. The van der Waals surface area contributed by atoms with Crippen LogP contribution in [0.4, 0.5) is 4.79 Å². The number of aliphatic hydroxyl groups excluding tert-OH is 1. The van der Waals surface area contributed by atoms with E-state index in [0.717, 1.165) is 0 Å². The molecule has 3 N–H and O–H groups in total. The molecule has 0 aliphatic carbocycles. The molecule has 16 nitrogen and oxygen atoms in total. The number of likely N-dealkylation sites (tertiary alicyclic amines) is 1. The van der Waals surface area contributed by atoms with Crippen LogP contribution in [0.15, 0.2) is 30.3 Å². The fourth-order valence-corrected chi connectivity index (χ4v) is 5.35. The lowest BCUT2D eigenvalue weighted by atomic mass is 10.1. The third-order valence-corrected chi connectivity index (χ3v) is 7.70. The van der Waals surface area contributed by atoms with Crippen LogP contribution < -0.4 is 10.1 Å². The number of carboxylic acids is 1. The first-order chi connectivity index (χ1) is 22.0. The molecule has 3 heterocycles. The van der Waals surface area contributed by atoms with E-state index in [4.69, 9.17) is 14.2 Å². The second-order valence-electron chi connectivity index (χ2n) is 10.8. The molecule has 0 saturated carbocycles. The Labute approximate surface area is 264 Å². The smallest absolute Gasteiger partial charge is 0.409 e. The van der Waals surface area contributed by atoms with Crippen molar-refractivity contribution in [2.75, 3.05) is 53.0 Å². The Morgan fingerprint density at radius 3 is 2.43 bits per heavy atom. The van der Waals surface area contributed by atoms with Crippen molar-refractivity contribution in [2.24, 2.45) is 0 Å². The molecule has 2 fully saturated rings. The maximum atomic E-state index is 13.5. The molecule has 1 aromatic carbocycles. The van der Waals surface area contributed by atoms with E-state index in [-0.39, 0.29) is 63.6 Å². The fourth-order valence-electron chi connectivity index (χ4n) is 5.35. The number of carboxylic acid groups (broad SMARTS) is 1. The number of nitrogens with one attached hydrogen (secondary N) is 1. The minimum atomic E-state index is -1.20. The van der Waals surface area contributed by atoms with Gasteiger partial charge in [-0.05, 0) is 25.5 Å². The largest absolute Gasteiger partial charge is 0.483 e. The van der Waals surface area contributed by atoms with Crippen LogP contribution in [0.25, 0.3) is 10.9 Å². The van der Waals surface area contributed by atoms with Gasteiger partial charge < -0.3 is 44.4 Å². The van der Waals surface area contributed by atoms with Gasteiger partial charge in [0.2, 0.25) is 5.91 Å². The molecular weight excluding hydrogens is 606 g/mol. The van der Waals surface area contributed by atoms with Gasteiger partial charge in [0.25, 0.3) is 11.8 Å². The van der Waals surface area contributed by atoms with E-state index in [1.807, 2.05) is 0 Å². The van der Waals surface area contributed by atoms with Crippen LogP contribution in [0, 0.1) is 0 Å². The predicted octanol–water partition coefficient (Wildman–Crippen LogP) is 0.0123. The maximum Gasteiger partial charge on any atom is 0.409 e. The molecule has 2 aliphatic rings. The van der Waals surface area contributed by atoms with Crippen LogP contribution in [-0.4, -0.2) is 137 Å². The van der Waals surface area contributed by atoms with Crippen molar-refractivity contribution in [1.82, 2.24) is 25.0 Å². The third kappa shape index (κ3) is 8.18. The summed E-state index contributed by atoms with van der Waals surface area (Å²) in [5.74, 6) is -3.55. The number of aromatic nitrogens is 1. The number of aliphatic carboxylic acids is 1.